The number of hydrogen-bond acceptors (Lipinski definition) is 6. The third-order valence-corrected chi connectivity index (χ3v) is 9.52. The maximum atomic E-state index is 14.7. The van der Waals surface area contributed by atoms with Crippen molar-refractivity contribution in [3.8, 4) is 17.4 Å². The average molecular weight is 696 g/mol. The quantitative estimate of drug-likeness (QED) is 0.149. The molecule has 0 radical (unpaired) electrons. The molecule has 0 saturated heterocycles. The molecule has 1 N–H and O–H groups in total. The molecule has 0 aliphatic rings. The van der Waals surface area contributed by atoms with E-state index in [-0.39, 0.29) is 58.4 Å². The van der Waals surface area contributed by atoms with Gasteiger partial charge < -0.3 is 19.1 Å². The van der Waals surface area contributed by atoms with E-state index in [9.17, 15) is 26.7 Å². The molecule has 4 aromatic carbocycles. The molecule has 6 aromatic rings. The maximum Gasteiger partial charge on any atom is 0.232 e. The number of fused-ring (bicyclic) bond motifs is 2. The van der Waals surface area contributed by atoms with Gasteiger partial charge in [-0.3, -0.25) is 9.29 Å². The lowest BCUT2D eigenvalue weighted by atomic mass is 10.0. The van der Waals surface area contributed by atoms with Crippen LogP contribution in [0.5, 0.6) is 17.4 Å². The SMILES string of the molecule is COc1ccc(COc2c3ncc(Cc4cc(Cl)c(F)cc4F)cc3c(N(C)S(C)(=O)=O)c3cn(Cc4ccc(F)cc4)c(O)c23)cc1. The first-order chi connectivity index (χ1) is 22.8. The van der Waals surface area contributed by atoms with Crippen molar-refractivity contribution in [2.75, 3.05) is 24.7 Å². The molecular formula is C35H29ClF3N3O5S. The van der Waals surface area contributed by atoms with E-state index < -0.39 is 27.5 Å². The summed E-state index contributed by atoms with van der Waals surface area (Å²) in [4.78, 5) is 4.65. The van der Waals surface area contributed by atoms with Gasteiger partial charge in [-0.05, 0) is 58.7 Å². The molecule has 0 unspecified atom stereocenters. The molecule has 0 aliphatic carbocycles. The smallest absolute Gasteiger partial charge is 0.232 e. The Labute approximate surface area is 279 Å². The lowest BCUT2D eigenvalue weighted by Crippen LogP contribution is -2.25. The summed E-state index contributed by atoms with van der Waals surface area (Å²) < 4.78 is 82.5. The highest BCUT2D eigenvalue weighted by Gasteiger charge is 2.28. The standard InChI is InChI=1S/C35H29ClF3N3O5S/c1-41(48(3,44)45)33-26-13-22(12-23-14-28(36)30(39)15-29(23)38)16-40-32(26)34(47-19-21-6-10-25(46-2)11-7-21)31-27(33)18-42(35(31)43)17-20-4-8-24(37)9-5-20/h4-11,13-16,18,43H,12,17,19H2,1-3H3. The van der Waals surface area contributed by atoms with Gasteiger partial charge in [0.1, 0.15) is 35.3 Å². The zero-order chi connectivity index (χ0) is 34.3. The van der Waals surface area contributed by atoms with Gasteiger partial charge in [-0.25, -0.2) is 21.6 Å². The predicted molar refractivity (Wildman–Crippen MR) is 179 cm³/mol. The number of anilines is 1. The van der Waals surface area contributed by atoms with Gasteiger partial charge in [0.2, 0.25) is 15.9 Å². The molecule has 0 saturated carbocycles. The highest BCUT2D eigenvalue weighted by Crippen LogP contribution is 2.48. The molecule has 0 fully saturated rings. The Balaban J connectivity index is 1.58. The summed E-state index contributed by atoms with van der Waals surface area (Å²) >= 11 is 5.94. The molecule has 8 nitrogen and oxygen atoms in total. The van der Waals surface area contributed by atoms with Crippen LogP contribution in [0.3, 0.4) is 0 Å². The molecule has 2 heterocycles. The van der Waals surface area contributed by atoms with E-state index in [0.717, 1.165) is 16.1 Å². The lowest BCUT2D eigenvalue weighted by molar-refractivity contribution is 0.311. The van der Waals surface area contributed by atoms with E-state index >= 15 is 0 Å². The molecule has 0 amide bonds. The van der Waals surface area contributed by atoms with E-state index in [0.29, 0.717) is 33.7 Å². The molecule has 0 aliphatic heterocycles. The van der Waals surface area contributed by atoms with Gasteiger partial charge in [0.25, 0.3) is 0 Å². The Bertz CT molecular complexity index is 2280. The highest BCUT2D eigenvalue weighted by atomic mass is 35.5. The summed E-state index contributed by atoms with van der Waals surface area (Å²) in [6, 6.07) is 16.5. The van der Waals surface area contributed by atoms with Crippen molar-refractivity contribution >= 4 is 49.0 Å². The molecule has 13 heteroatoms. The number of benzene rings is 4. The zero-order valence-corrected chi connectivity index (χ0v) is 27.5. The van der Waals surface area contributed by atoms with Crippen molar-refractivity contribution in [3.63, 3.8) is 0 Å². The number of sulfonamides is 1. The van der Waals surface area contributed by atoms with Crippen LogP contribution in [-0.2, 0) is 29.6 Å². The third-order valence-electron chi connectivity index (χ3n) is 8.05. The van der Waals surface area contributed by atoms with Gasteiger partial charge in [-0.1, -0.05) is 35.9 Å². The zero-order valence-electron chi connectivity index (χ0n) is 26.0. The fraction of sp³-hybridized carbons (Fsp3) is 0.171. The first-order valence-electron chi connectivity index (χ1n) is 14.6. The van der Waals surface area contributed by atoms with Crippen LogP contribution in [0, 0.1) is 17.5 Å². The fourth-order valence-corrected chi connectivity index (χ4v) is 6.24. The monoisotopic (exact) mass is 695 g/mol. The Hall–Kier alpha value is -4.94. The minimum Gasteiger partial charge on any atom is -0.497 e. The average Bonchev–Trinajstić information content (AvgIpc) is 3.37. The minimum absolute atomic E-state index is 0.0340. The second-order valence-electron chi connectivity index (χ2n) is 11.3. The fourth-order valence-electron chi connectivity index (χ4n) is 5.53. The predicted octanol–water partition coefficient (Wildman–Crippen LogP) is 7.59. The van der Waals surface area contributed by atoms with Gasteiger partial charge in [0.05, 0.1) is 36.0 Å². The van der Waals surface area contributed by atoms with Gasteiger partial charge in [-0.2, -0.15) is 0 Å². The van der Waals surface area contributed by atoms with Crippen LogP contribution in [0.15, 0.2) is 79.1 Å². The summed E-state index contributed by atoms with van der Waals surface area (Å²) in [5.41, 5.74) is 2.47. The van der Waals surface area contributed by atoms with E-state index in [1.165, 1.54) is 36.0 Å². The highest BCUT2D eigenvalue weighted by molar-refractivity contribution is 7.92. The minimum atomic E-state index is -3.87. The number of nitrogens with zero attached hydrogens (tertiary/aromatic N) is 3. The van der Waals surface area contributed by atoms with Crippen LogP contribution >= 0.6 is 11.6 Å². The number of pyridine rings is 1. The maximum absolute atomic E-state index is 14.7. The summed E-state index contributed by atoms with van der Waals surface area (Å²) in [5.74, 6) is -1.49. The summed E-state index contributed by atoms with van der Waals surface area (Å²) in [6.45, 7) is 0.182. The number of halogens is 4. The van der Waals surface area contributed by atoms with E-state index in [1.807, 2.05) is 12.1 Å². The van der Waals surface area contributed by atoms with Gasteiger partial charge >= 0.3 is 0 Å². The Morgan fingerprint density at radius 3 is 2.29 bits per heavy atom. The van der Waals surface area contributed by atoms with Crippen LogP contribution in [-0.4, -0.2) is 43.5 Å². The topological polar surface area (TPSA) is 93.9 Å². The molecule has 0 bridgehead atoms. The summed E-state index contributed by atoms with van der Waals surface area (Å²) in [7, 11) is -0.934. The van der Waals surface area contributed by atoms with E-state index in [1.54, 1.807) is 43.6 Å². The second-order valence-corrected chi connectivity index (χ2v) is 13.7. The largest absolute Gasteiger partial charge is 0.497 e. The van der Waals surface area contributed by atoms with Crippen LogP contribution in [0.1, 0.15) is 22.3 Å². The van der Waals surface area contributed by atoms with Crippen molar-refractivity contribution in [1.82, 2.24) is 9.55 Å². The van der Waals surface area contributed by atoms with Crippen molar-refractivity contribution < 1.29 is 36.2 Å². The Morgan fingerprint density at radius 1 is 0.938 bits per heavy atom. The number of ether oxygens (including phenoxy) is 2. The van der Waals surface area contributed by atoms with Crippen molar-refractivity contribution in [2.24, 2.45) is 0 Å². The Kier molecular flexibility index (Phi) is 8.88. The second kappa shape index (κ2) is 12.9. The normalized spacial score (nSPS) is 11.7. The summed E-state index contributed by atoms with van der Waals surface area (Å²) in [6.07, 6.45) is 4.08. The number of aromatic hydroxyl groups is 1. The number of hydrogen-bond donors (Lipinski definition) is 1. The van der Waals surface area contributed by atoms with E-state index in [4.69, 9.17) is 21.1 Å². The number of aromatic nitrogens is 2. The summed E-state index contributed by atoms with van der Waals surface area (Å²) in [5, 5.41) is 12.3. The first-order valence-corrected chi connectivity index (χ1v) is 16.8. The van der Waals surface area contributed by atoms with Gasteiger partial charge in [-0.15, -0.1) is 0 Å². The molecule has 248 valence electrons. The van der Waals surface area contributed by atoms with Crippen LogP contribution in [0.2, 0.25) is 5.02 Å². The third kappa shape index (κ3) is 6.45. The molecule has 0 spiro atoms. The van der Waals surface area contributed by atoms with Crippen molar-refractivity contribution in [1.29, 1.82) is 0 Å². The lowest BCUT2D eigenvalue weighted by Gasteiger charge is -2.22. The number of rotatable bonds is 10. The molecule has 2 aromatic heterocycles. The molecule has 6 rings (SSSR count). The molecular weight excluding hydrogens is 667 g/mol. The van der Waals surface area contributed by atoms with Gasteiger partial charge in [0, 0.05) is 42.7 Å². The molecule has 48 heavy (non-hydrogen) atoms. The first kappa shape index (κ1) is 33.0. The number of methoxy groups -OCH3 is 1. The van der Waals surface area contributed by atoms with Crippen molar-refractivity contribution in [2.45, 2.75) is 19.6 Å². The Morgan fingerprint density at radius 2 is 1.62 bits per heavy atom. The van der Waals surface area contributed by atoms with Crippen LogP contribution in [0.25, 0.3) is 21.7 Å². The van der Waals surface area contributed by atoms with Gasteiger partial charge in [0.15, 0.2) is 5.75 Å². The van der Waals surface area contributed by atoms with Crippen molar-refractivity contribution in [3.05, 3.63) is 124 Å². The molecule has 0 atom stereocenters. The van der Waals surface area contributed by atoms with Crippen LogP contribution < -0.4 is 13.8 Å². The van der Waals surface area contributed by atoms with Crippen LogP contribution in [0.4, 0.5) is 18.9 Å². The van der Waals surface area contributed by atoms with E-state index in [2.05, 4.69) is 4.98 Å².